The van der Waals surface area contributed by atoms with Gasteiger partial charge in [-0.05, 0) is 25.7 Å². The van der Waals surface area contributed by atoms with Crippen molar-refractivity contribution in [1.82, 2.24) is 5.43 Å². The monoisotopic (exact) mass is 201 g/mol. The van der Waals surface area contributed by atoms with E-state index in [4.69, 9.17) is 10.5 Å². The quantitative estimate of drug-likeness (QED) is 0.710. The van der Waals surface area contributed by atoms with Gasteiger partial charge in [-0.3, -0.25) is 5.43 Å². The fraction of sp³-hybridized carbons (Fsp3) is 0.875. The van der Waals surface area contributed by atoms with Crippen LogP contribution in [-0.2, 0) is 4.74 Å². The molecule has 2 rings (SSSR count). The van der Waals surface area contributed by atoms with Gasteiger partial charge in [-0.2, -0.15) is 5.10 Å². The van der Waals surface area contributed by atoms with Crippen LogP contribution in [0.4, 0.5) is 0 Å². The zero-order valence-corrected chi connectivity index (χ0v) is 8.35. The van der Waals surface area contributed by atoms with E-state index in [1.165, 1.54) is 12.8 Å². The highest BCUT2D eigenvalue weighted by Gasteiger charge is 2.21. The van der Waals surface area contributed by atoms with E-state index >= 15 is 0 Å². The lowest BCUT2D eigenvalue weighted by Gasteiger charge is -2.12. The van der Waals surface area contributed by atoms with E-state index in [-0.39, 0.29) is 0 Å². The van der Waals surface area contributed by atoms with Gasteiger partial charge in [-0.15, -0.1) is 0 Å². The maximum absolute atomic E-state index is 5.53. The van der Waals surface area contributed by atoms with Gasteiger partial charge in [-0.25, -0.2) is 0 Å². The Morgan fingerprint density at radius 3 is 3.15 bits per heavy atom. The van der Waals surface area contributed by atoms with Crippen molar-refractivity contribution in [3.05, 3.63) is 0 Å². The first-order chi connectivity index (χ1) is 6.34. The lowest BCUT2D eigenvalue weighted by molar-refractivity contribution is 0.102. The molecule has 2 unspecified atom stereocenters. The highest BCUT2D eigenvalue weighted by molar-refractivity contribution is 8.14. The van der Waals surface area contributed by atoms with Crippen molar-refractivity contribution < 1.29 is 4.74 Å². The first-order valence-corrected chi connectivity index (χ1v) is 5.59. The van der Waals surface area contributed by atoms with Crippen LogP contribution in [0.15, 0.2) is 5.10 Å². The van der Waals surface area contributed by atoms with Crippen molar-refractivity contribution in [2.24, 2.45) is 10.8 Å². The van der Waals surface area contributed by atoms with Gasteiger partial charge < -0.3 is 10.5 Å². The summed E-state index contributed by atoms with van der Waals surface area (Å²) in [7, 11) is 0. The van der Waals surface area contributed by atoms with Gasteiger partial charge in [0.15, 0.2) is 5.17 Å². The predicted octanol–water partition coefficient (Wildman–Crippen LogP) is 0.838. The lowest BCUT2D eigenvalue weighted by Crippen LogP contribution is -2.18. The van der Waals surface area contributed by atoms with Crippen molar-refractivity contribution in [2.75, 3.05) is 6.61 Å². The molecule has 74 valence electrons. The molecule has 1 saturated heterocycles. The van der Waals surface area contributed by atoms with Crippen LogP contribution < -0.4 is 11.2 Å². The molecule has 5 heteroatoms. The van der Waals surface area contributed by atoms with Crippen LogP contribution in [0, 0.1) is 0 Å². The summed E-state index contributed by atoms with van der Waals surface area (Å²) in [6.07, 6.45) is 5.11. The fourth-order valence-corrected chi connectivity index (χ4v) is 2.42. The standard InChI is InChI=1S/C8H15N3OS/c9-8-11-10-7(13-8)4-3-6-2-1-5-12-6/h6-7,10H,1-5H2,(H2,9,11). The average Bonchev–Trinajstić information content (AvgIpc) is 2.71. The average molecular weight is 201 g/mol. The molecular weight excluding hydrogens is 186 g/mol. The molecule has 2 heterocycles. The summed E-state index contributed by atoms with van der Waals surface area (Å²) in [5, 5.41) is 4.94. The number of thioether (sulfide) groups is 1. The molecule has 4 nitrogen and oxygen atoms in total. The van der Waals surface area contributed by atoms with Gasteiger partial charge in [-0.1, -0.05) is 11.8 Å². The van der Waals surface area contributed by atoms with Gasteiger partial charge >= 0.3 is 0 Å². The number of hydrazone groups is 1. The van der Waals surface area contributed by atoms with Crippen LogP contribution in [0.3, 0.4) is 0 Å². The molecule has 0 aromatic carbocycles. The highest BCUT2D eigenvalue weighted by atomic mass is 32.2. The van der Waals surface area contributed by atoms with Gasteiger partial charge in [0.1, 0.15) is 0 Å². The second kappa shape index (κ2) is 4.19. The maximum atomic E-state index is 5.53. The van der Waals surface area contributed by atoms with E-state index in [2.05, 4.69) is 10.5 Å². The van der Waals surface area contributed by atoms with Crippen molar-refractivity contribution in [3.63, 3.8) is 0 Å². The van der Waals surface area contributed by atoms with Crippen LogP contribution in [0.1, 0.15) is 25.7 Å². The fourth-order valence-electron chi connectivity index (χ4n) is 1.67. The summed E-state index contributed by atoms with van der Waals surface area (Å²) < 4.78 is 5.53. The van der Waals surface area contributed by atoms with E-state index in [9.17, 15) is 0 Å². The first-order valence-electron chi connectivity index (χ1n) is 4.71. The molecule has 0 bridgehead atoms. The smallest absolute Gasteiger partial charge is 0.179 e. The minimum Gasteiger partial charge on any atom is -0.378 e. The molecule has 2 atom stereocenters. The van der Waals surface area contributed by atoms with Crippen molar-refractivity contribution in [2.45, 2.75) is 37.2 Å². The minimum atomic E-state index is 0.365. The zero-order valence-electron chi connectivity index (χ0n) is 7.53. The molecule has 2 aliphatic heterocycles. The third-order valence-corrected chi connectivity index (χ3v) is 3.31. The van der Waals surface area contributed by atoms with Gasteiger partial charge in [0.05, 0.1) is 11.5 Å². The third kappa shape index (κ3) is 2.51. The number of nitrogens with two attached hydrogens (primary N) is 1. The molecule has 0 spiro atoms. The van der Waals surface area contributed by atoms with Gasteiger partial charge in [0.25, 0.3) is 0 Å². The Kier molecular flexibility index (Phi) is 2.95. The Labute approximate surface area is 82.3 Å². The van der Waals surface area contributed by atoms with Crippen molar-refractivity contribution in [3.8, 4) is 0 Å². The van der Waals surface area contributed by atoms with E-state index in [1.54, 1.807) is 11.8 Å². The Morgan fingerprint density at radius 1 is 1.62 bits per heavy atom. The largest absolute Gasteiger partial charge is 0.378 e. The second-order valence-corrected chi connectivity index (χ2v) is 4.62. The molecule has 0 saturated carbocycles. The van der Waals surface area contributed by atoms with Crippen LogP contribution in [0.25, 0.3) is 0 Å². The molecule has 13 heavy (non-hydrogen) atoms. The summed E-state index contributed by atoms with van der Waals surface area (Å²) in [6.45, 7) is 0.939. The molecule has 1 fully saturated rings. The molecule has 0 aromatic rings. The van der Waals surface area contributed by atoms with E-state index in [0.717, 1.165) is 19.4 Å². The second-order valence-electron chi connectivity index (χ2n) is 3.40. The molecule has 0 aromatic heterocycles. The van der Waals surface area contributed by atoms with Crippen LogP contribution >= 0.6 is 11.8 Å². The summed E-state index contributed by atoms with van der Waals surface area (Å²) >= 11 is 1.61. The van der Waals surface area contributed by atoms with Crippen LogP contribution in [0.2, 0.25) is 0 Å². The highest BCUT2D eigenvalue weighted by Crippen LogP contribution is 2.23. The predicted molar refractivity (Wildman–Crippen MR) is 54.3 cm³/mol. The molecule has 0 radical (unpaired) electrons. The number of ether oxygens (including phenoxy) is 1. The summed E-state index contributed by atoms with van der Waals surface area (Å²) in [5.41, 5.74) is 8.53. The van der Waals surface area contributed by atoms with Crippen molar-refractivity contribution in [1.29, 1.82) is 0 Å². The normalized spacial score (nSPS) is 33.1. The zero-order chi connectivity index (χ0) is 9.10. The third-order valence-electron chi connectivity index (χ3n) is 2.36. The molecule has 0 amide bonds. The SMILES string of the molecule is NC1=NNC(CCC2CCCO2)S1. The Morgan fingerprint density at radius 2 is 2.54 bits per heavy atom. The molecular formula is C8H15N3OS. The van der Waals surface area contributed by atoms with Crippen molar-refractivity contribution >= 4 is 16.9 Å². The summed E-state index contributed by atoms with van der Waals surface area (Å²) in [4.78, 5) is 0. The molecule has 0 aliphatic carbocycles. The Balaban J connectivity index is 1.63. The van der Waals surface area contributed by atoms with E-state index in [0.29, 0.717) is 16.6 Å². The molecule has 2 aliphatic rings. The maximum Gasteiger partial charge on any atom is 0.179 e. The number of rotatable bonds is 3. The molecule has 3 N–H and O–H groups in total. The number of amidine groups is 1. The Hall–Kier alpha value is -0.420. The first kappa shape index (κ1) is 9.15. The minimum absolute atomic E-state index is 0.365. The number of hydrogen-bond acceptors (Lipinski definition) is 5. The van der Waals surface area contributed by atoms with E-state index < -0.39 is 0 Å². The van der Waals surface area contributed by atoms with Crippen LogP contribution in [0.5, 0.6) is 0 Å². The van der Waals surface area contributed by atoms with E-state index in [1.807, 2.05) is 0 Å². The number of nitrogens with one attached hydrogen (secondary N) is 1. The van der Waals surface area contributed by atoms with Gasteiger partial charge in [0.2, 0.25) is 0 Å². The van der Waals surface area contributed by atoms with Gasteiger partial charge in [0, 0.05) is 6.61 Å². The number of nitrogens with zero attached hydrogens (tertiary/aromatic N) is 1. The summed E-state index contributed by atoms with van der Waals surface area (Å²) in [5.74, 6) is 0. The van der Waals surface area contributed by atoms with Crippen LogP contribution in [-0.4, -0.2) is 23.3 Å². The topological polar surface area (TPSA) is 59.6 Å². The Bertz CT molecular complexity index is 204. The lowest BCUT2D eigenvalue weighted by atomic mass is 10.1. The summed E-state index contributed by atoms with van der Waals surface area (Å²) in [6, 6.07) is 0. The number of hydrogen-bond donors (Lipinski definition) is 2.